The number of amides is 1. The summed E-state index contributed by atoms with van der Waals surface area (Å²) in [6, 6.07) is 4.45. The van der Waals surface area contributed by atoms with Crippen molar-refractivity contribution < 1.29 is 9.53 Å². The van der Waals surface area contributed by atoms with Crippen LogP contribution in [0.2, 0.25) is 0 Å². The standard InChI is InChI=1S/C22H27N7O2/c1-28-14-20(26-27-28)17-10-16-11-21(24-13-19(16)23-12-17)25-22(30)15-2-4-18(5-3-15)29-6-8-31-9-7-29/h10-15,18H,2-9H2,1H3,(H,24,25,30). The maximum Gasteiger partial charge on any atom is 0.228 e. The molecule has 0 atom stereocenters. The average Bonchev–Trinajstić information content (AvgIpc) is 3.25. The maximum absolute atomic E-state index is 12.9. The van der Waals surface area contributed by atoms with Crippen molar-refractivity contribution in [2.45, 2.75) is 31.7 Å². The number of anilines is 1. The van der Waals surface area contributed by atoms with Crippen LogP contribution in [0.15, 0.2) is 30.7 Å². The SMILES string of the molecule is Cn1cc(-c2cnc3cnc(NC(=O)C4CCC(N5CCOCC5)CC4)cc3c2)nn1. The number of fused-ring (bicyclic) bond motifs is 1. The number of ether oxygens (including phenoxy) is 1. The fourth-order valence-corrected chi connectivity index (χ4v) is 4.59. The van der Waals surface area contributed by atoms with Crippen LogP contribution in [0.1, 0.15) is 25.7 Å². The van der Waals surface area contributed by atoms with Gasteiger partial charge < -0.3 is 10.1 Å². The van der Waals surface area contributed by atoms with Gasteiger partial charge >= 0.3 is 0 Å². The van der Waals surface area contributed by atoms with E-state index in [2.05, 4.69) is 30.5 Å². The highest BCUT2D eigenvalue weighted by Gasteiger charge is 2.30. The molecule has 0 bridgehead atoms. The van der Waals surface area contributed by atoms with Crippen LogP contribution in [-0.2, 0) is 16.6 Å². The van der Waals surface area contributed by atoms with E-state index in [1.807, 2.05) is 25.4 Å². The molecule has 0 spiro atoms. The zero-order valence-electron chi connectivity index (χ0n) is 17.7. The minimum Gasteiger partial charge on any atom is -0.379 e. The zero-order valence-corrected chi connectivity index (χ0v) is 17.7. The first kappa shape index (κ1) is 20.0. The van der Waals surface area contributed by atoms with E-state index in [0.29, 0.717) is 11.9 Å². The quantitative estimate of drug-likeness (QED) is 0.690. The number of aromatic nitrogens is 5. The lowest BCUT2D eigenvalue weighted by atomic mass is 9.84. The first-order chi connectivity index (χ1) is 15.2. The van der Waals surface area contributed by atoms with Gasteiger partial charge in [0.15, 0.2) is 0 Å². The van der Waals surface area contributed by atoms with Crippen LogP contribution in [-0.4, -0.2) is 68.1 Å². The van der Waals surface area contributed by atoms with E-state index in [0.717, 1.165) is 74.1 Å². The Morgan fingerprint density at radius 1 is 1.10 bits per heavy atom. The lowest BCUT2D eigenvalue weighted by Gasteiger charge is -2.38. The minimum absolute atomic E-state index is 0.0406. The summed E-state index contributed by atoms with van der Waals surface area (Å²) in [5, 5.41) is 12.0. The molecular formula is C22H27N7O2. The van der Waals surface area contributed by atoms with Crippen molar-refractivity contribution in [3.63, 3.8) is 0 Å². The lowest BCUT2D eigenvalue weighted by Crippen LogP contribution is -2.45. The van der Waals surface area contributed by atoms with E-state index in [-0.39, 0.29) is 11.8 Å². The lowest BCUT2D eigenvalue weighted by molar-refractivity contribution is -0.121. The molecule has 162 valence electrons. The highest BCUT2D eigenvalue weighted by Crippen LogP contribution is 2.29. The number of nitrogens with one attached hydrogen (secondary N) is 1. The summed E-state index contributed by atoms with van der Waals surface area (Å²) >= 11 is 0. The maximum atomic E-state index is 12.9. The first-order valence-electron chi connectivity index (χ1n) is 10.9. The summed E-state index contributed by atoms with van der Waals surface area (Å²) in [4.78, 5) is 24.2. The van der Waals surface area contributed by atoms with Gasteiger partial charge in [0.1, 0.15) is 11.5 Å². The van der Waals surface area contributed by atoms with E-state index < -0.39 is 0 Å². The summed E-state index contributed by atoms with van der Waals surface area (Å²) in [6.07, 6.45) is 9.27. The molecule has 3 aromatic heterocycles. The molecule has 1 aliphatic heterocycles. The van der Waals surface area contributed by atoms with Crippen molar-refractivity contribution in [1.82, 2.24) is 29.9 Å². The van der Waals surface area contributed by atoms with Gasteiger partial charge in [0.2, 0.25) is 5.91 Å². The number of carbonyl (C=O) groups is 1. The van der Waals surface area contributed by atoms with E-state index in [1.165, 1.54) is 0 Å². The highest BCUT2D eigenvalue weighted by atomic mass is 16.5. The van der Waals surface area contributed by atoms with Crippen LogP contribution in [0.5, 0.6) is 0 Å². The molecule has 0 radical (unpaired) electrons. The van der Waals surface area contributed by atoms with Crippen molar-refractivity contribution in [2.75, 3.05) is 31.6 Å². The number of hydrogen-bond acceptors (Lipinski definition) is 7. The molecule has 0 aromatic carbocycles. The van der Waals surface area contributed by atoms with E-state index in [4.69, 9.17) is 4.74 Å². The molecule has 1 N–H and O–H groups in total. The molecule has 9 heteroatoms. The van der Waals surface area contributed by atoms with Crippen LogP contribution in [0, 0.1) is 5.92 Å². The summed E-state index contributed by atoms with van der Waals surface area (Å²) < 4.78 is 7.11. The Labute approximate surface area is 180 Å². The number of morpholine rings is 1. The number of hydrogen-bond donors (Lipinski definition) is 1. The van der Waals surface area contributed by atoms with Crippen LogP contribution in [0.3, 0.4) is 0 Å². The molecule has 3 aromatic rings. The molecule has 2 aliphatic rings. The minimum atomic E-state index is 0.0406. The van der Waals surface area contributed by atoms with E-state index in [1.54, 1.807) is 17.1 Å². The molecule has 1 saturated heterocycles. The fraction of sp³-hybridized carbons (Fsp3) is 0.500. The number of nitrogens with zero attached hydrogens (tertiary/aromatic N) is 6. The van der Waals surface area contributed by atoms with Crippen LogP contribution in [0.25, 0.3) is 22.2 Å². The molecule has 9 nitrogen and oxygen atoms in total. The number of aryl methyl sites for hydroxylation is 1. The third kappa shape index (κ3) is 4.42. The summed E-state index contributed by atoms with van der Waals surface area (Å²) in [7, 11) is 1.83. The Hall–Kier alpha value is -2.91. The second-order valence-electron chi connectivity index (χ2n) is 8.41. The van der Waals surface area contributed by atoms with E-state index in [9.17, 15) is 4.79 Å². The van der Waals surface area contributed by atoms with Crippen molar-refractivity contribution in [3.05, 3.63) is 30.7 Å². The molecule has 0 unspecified atom stereocenters. The fourth-order valence-electron chi connectivity index (χ4n) is 4.59. The summed E-state index contributed by atoms with van der Waals surface area (Å²) in [6.45, 7) is 3.66. The Morgan fingerprint density at radius 2 is 1.90 bits per heavy atom. The third-order valence-electron chi connectivity index (χ3n) is 6.35. The molecule has 1 aliphatic carbocycles. The van der Waals surface area contributed by atoms with Crippen LogP contribution < -0.4 is 5.32 Å². The molecular weight excluding hydrogens is 394 g/mol. The molecule has 5 rings (SSSR count). The predicted molar refractivity (Wildman–Crippen MR) is 116 cm³/mol. The third-order valence-corrected chi connectivity index (χ3v) is 6.35. The van der Waals surface area contributed by atoms with Crippen molar-refractivity contribution in [3.8, 4) is 11.3 Å². The molecule has 4 heterocycles. The van der Waals surface area contributed by atoms with Gasteiger partial charge in [0.25, 0.3) is 0 Å². The highest BCUT2D eigenvalue weighted by molar-refractivity contribution is 5.94. The summed E-state index contributed by atoms with van der Waals surface area (Å²) in [5.41, 5.74) is 2.42. The summed E-state index contributed by atoms with van der Waals surface area (Å²) in [5.74, 6) is 0.662. The largest absolute Gasteiger partial charge is 0.379 e. The van der Waals surface area contributed by atoms with Crippen molar-refractivity contribution in [1.29, 1.82) is 0 Å². The topological polar surface area (TPSA) is 98.1 Å². The predicted octanol–water partition coefficient (Wildman–Crippen LogP) is 2.25. The normalized spacial score (nSPS) is 22.5. The van der Waals surface area contributed by atoms with Gasteiger partial charge in [-0.2, -0.15) is 0 Å². The van der Waals surface area contributed by atoms with Crippen LogP contribution in [0.4, 0.5) is 5.82 Å². The molecule has 2 fully saturated rings. The van der Waals surface area contributed by atoms with Gasteiger partial charge in [-0.05, 0) is 37.8 Å². The second-order valence-corrected chi connectivity index (χ2v) is 8.41. The van der Waals surface area contributed by atoms with Gasteiger partial charge in [-0.3, -0.25) is 19.4 Å². The zero-order chi connectivity index (χ0) is 21.2. The van der Waals surface area contributed by atoms with Gasteiger partial charge in [0, 0.05) is 49.2 Å². The molecule has 1 amide bonds. The molecule has 31 heavy (non-hydrogen) atoms. The van der Waals surface area contributed by atoms with Gasteiger partial charge in [-0.1, -0.05) is 5.21 Å². The van der Waals surface area contributed by atoms with Crippen molar-refractivity contribution >= 4 is 22.6 Å². The van der Waals surface area contributed by atoms with Gasteiger partial charge in [0.05, 0.1) is 31.1 Å². The Morgan fingerprint density at radius 3 is 2.65 bits per heavy atom. The van der Waals surface area contributed by atoms with Gasteiger partial charge in [-0.15, -0.1) is 5.10 Å². The van der Waals surface area contributed by atoms with E-state index >= 15 is 0 Å². The van der Waals surface area contributed by atoms with Crippen molar-refractivity contribution in [2.24, 2.45) is 13.0 Å². The smallest absolute Gasteiger partial charge is 0.228 e. The monoisotopic (exact) mass is 421 g/mol. The number of rotatable bonds is 4. The average molecular weight is 422 g/mol. The Bertz CT molecular complexity index is 1070. The Kier molecular flexibility index (Phi) is 5.61. The second kappa shape index (κ2) is 8.68. The Balaban J connectivity index is 1.24. The molecule has 1 saturated carbocycles. The first-order valence-corrected chi connectivity index (χ1v) is 10.9. The number of carbonyl (C=O) groups excluding carboxylic acids is 1. The number of pyridine rings is 2. The van der Waals surface area contributed by atoms with Crippen LogP contribution >= 0.6 is 0 Å². The van der Waals surface area contributed by atoms with Gasteiger partial charge in [-0.25, -0.2) is 4.98 Å².